The Kier molecular flexibility index (Phi) is 3.13. The molecule has 3 aromatic rings. The Balaban J connectivity index is 1.76. The summed E-state index contributed by atoms with van der Waals surface area (Å²) in [6.07, 6.45) is 3.76. The number of hydrogen-bond donors (Lipinski definition) is 0. The van der Waals surface area contributed by atoms with Crippen LogP contribution in [0.3, 0.4) is 0 Å². The number of aromatic nitrogens is 2. The fourth-order valence-corrected chi connectivity index (χ4v) is 2.05. The normalized spacial score (nSPS) is 10.8. The molecule has 0 amide bonds. The molecule has 96 valence electrons. The van der Waals surface area contributed by atoms with Gasteiger partial charge >= 0.3 is 0 Å². The average Bonchev–Trinajstić information content (AvgIpc) is 2.80. The van der Waals surface area contributed by atoms with Crippen molar-refractivity contribution in [3.63, 3.8) is 0 Å². The quantitative estimate of drug-likeness (QED) is 0.723. The monoisotopic (exact) mass is 272 g/mol. The van der Waals surface area contributed by atoms with Crippen LogP contribution in [0.1, 0.15) is 11.3 Å². The van der Waals surface area contributed by atoms with Crippen LogP contribution in [-0.4, -0.2) is 9.38 Å². The van der Waals surface area contributed by atoms with Gasteiger partial charge in [0.2, 0.25) is 0 Å². The molecular weight excluding hydrogens is 260 g/mol. The third kappa shape index (κ3) is 2.71. The van der Waals surface area contributed by atoms with Crippen LogP contribution < -0.4 is 4.74 Å². The minimum absolute atomic E-state index is 0.447. The minimum atomic E-state index is 0.447. The van der Waals surface area contributed by atoms with Gasteiger partial charge in [0.05, 0.1) is 10.7 Å². The summed E-state index contributed by atoms with van der Waals surface area (Å²) in [6, 6.07) is 11.7. The first kappa shape index (κ1) is 12.1. The minimum Gasteiger partial charge on any atom is -0.487 e. The first-order valence-corrected chi connectivity index (χ1v) is 6.41. The highest BCUT2D eigenvalue weighted by Gasteiger charge is 2.03. The molecule has 0 bridgehead atoms. The maximum absolute atomic E-state index is 5.94. The Bertz CT molecular complexity index is 704. The molecule has 0 saturated carbocycles. The smallest absolute Gasteiger partial charge is 0.137 e. The number of aryl methyl sites for hydroxylation is 1. The molecule has 0 saturated heterocycles. The molecule has 0 aliphatic rings. The summed E-state index contributed by atoms with van der Waals surface area (Å²) < 4.78 is 7.60. The van der Waals surface area contributed by atoms with Gasteiger partial charge in [0.1, 0.15) is 18.0 Å². The lowest BCUT2D eigenvalue weighted by atomic mass is 10.2. The van der Waals surface area contributed by atoms with Crippen molar-refractivity contribution in [3.8, 4) is 5.75 Å². The molecular formula is C15H13ClN2O. The van der Waals surface area contributed by atoms with Crippen molar-refractivity contribution in [2.45, 2.75) is 13.5 Å². The van der Waals surface area contributed by atoms with E-state index < -0.39 is 0 Å². The van der Waals surface area contributed by atoms with Gasteiger partial charge in [-0.3, -0.25) is 0 Å². The van der Waals surface area contributed by atoms with Crippen LogP contribution in [0.25, 0.3) is 5.65 Å². The highest BCUT2D eigenvalue weighted by atomic mass is 35.5. The van der Waals surface area contributed by atoms with Crippen LogP contribution in [0, 0.1) is 6.92 Å². The van der Waals surface area contributed by atoms with Crippen molar-refractivity contribution in [2.75, 3.05) is 0 Å². The van der Waals surface area contributed by atoms with E-state index in [-0.39, 0.29) is 0 Å². The molecule has 2 aromatic heterocycles. The molecule has 0 aliphatic heterocycles. The Morgan fingerprint density at radius 2 is 1.89 bits per heavy atom. The van der Waals surface area contributed by atoms with Crippen LogP contribution in [0.15, 0.2) is 48.8 Å². The SMILES string of the molecule is Cc1ccc(OCc2cn3cc(Cl)ccc3n2)cc1. The standard InChI is InChI=1S/C15H13ClN2O/c1-11-2-5-14(6-3-11)19-10-13-9-18-8-12(16)4-7-15(18)17-13/h2-9H,10H2,1H3. The lowest BCUT2D eigenvalue weighted by molar-refractivity contribution is 0.302. The molecule has 0 spiro atoms. The fourth-order valence-electron chi connectivity index (χ4n) is 1.88. The molecule has 0 N–H and O–H groups in total. The van der Waals surface area contributed by atoms with E-state index in [0.717, 1.165) is 17.1 Å². The van der Waals surface area contributed by atoms with Gasteiger partial charge in [0, 0.05) is 12.4 Å². The van der Waals surface area contributed by atoms with Crippen LogP contribution in [0.2, 0.25) is 5.02 Å². The van der Waals surface area contributed by atoms with E-state index in [1.54, 1.807) is 0 Å². The van der Waals surface area contributed by atoms with Crippen molar-refractivity contribution in [1.29, 1.82) is 0 Å². The van der Waals surface area contributed by atoms with Crippen LogP contribution >= 0.6 is 11.6 Å². The summed E-state index contributed by atoms with van der Waals surface area (Å²) in [7, 11) is 0. The zero-order valence-electron chi connectivity index (χ0n) is 10.5. The van der Waals surface area contributed by atoms with Gasteiger partial charge in [-0.2, -0.15) is 0 Å². The van der Waals surface area contributed by atoms with Crippen LogP contribution in [-0.2, 0) is 6.61 Å². The zero-order chi connectivity index (χ0) is 13.2. The third-order valence-corrected chi connectivity index (χ3v) is 3.10. The first-order chi connectivity index (χ1) is 9.20. The van der Waals surface area contributed by atoms with Crippen molar-refractivity contribution in [3.05, 3.63) is 65.1 Å². The van der Waals surface area contributed by atoms with E-state index in [1.165, 1.54) is 5.56 Å². The molecule has 2 heterocycles. The predicted molar refractivity (Wildman–Crippen MR) is 75.7 cm³/mol. The first-order valence-electron chi connectivity index (χ1n) is 6.03. The molecule has 4 heteroatoms. The van der Waals surface area contributed by atoms with E-state index in [2.05, 4.69) is 11.9 Å². The van der Waals surface area contributed by atoms with Crippen LogP contribution in [0.4, 0.5) is 0 Å². The van der Waals surface area contributed by atoms with E-state index in [1.807, 2.05) is 53.2 Å². The summed E-state index contributed by atoms with van der Waals surface area (Å²) in [5, 5.41) is 0.691. The number of hydrogen-bond acceptors (Lipinski definition) is 2. The molecule has 3 rings (SSSR count). The van der Waals surface area contributed by atoms with Gasteiger partial charge in [-0.05, 0) is 31.2 Å². The summed E-state index contributed by atoms with van der Waals surface area (Å²) in [5.74, 6) is 0.848. The largest absolute Gasteiger partial charge is 0.487 e. The number of benzene rings is 1. The second-order valence-electron chi connectivity index (χ2n) is 4.45. The number of nitrogens with zero attached hydrogens (tertiary/aromatic N) is 2. The van der Waals surface area contributed by atoms with Gasteiger partial charge in [0.25, 0.3) is 0 Å². The fraction of sp³-hybridized carbons (Fsp3) is 0.133. The Morgan fingerprint density at radius 1 is 1.11 bits per heavy atom. The Labute approximate surface area is 116 Å². The van der Waals surface area contributed by atoms with Gasteiger partial charge in [-0.1, -0.05) is 29.3 Å². The number of fused-ring (bicyclic) bond motifs is 1. The van der Waals surface area contributed by atoms with E-state index in [0.29, 0.717) is 11.6 Å². The summed E-state index contributed by atoms with van der Waals surface area (Å²) >= 11 is 5.94. The molecule has 0 radical (unpaired) electrons. The maximum Gasteiger partial charge on any atom is 0.137 e. The summed E-state index contributed by atoms with van der Waals surface area (Å²) in [4.78, 5) is 4.47. The Hall–Kier alpha value is -2.00. The molecule has 0 unspecified atom stereocenters. The number of imidazole rings is 1. The van der Waals surface area contributed by atoms with E-state index in [9.17, 15) is 0 Å². The molecule has 1 aromatic carbocycles. The number of pyridine rings is 1. The van der Waals surface area contributed by atoms with Gasteiger partial charge in [-0.15, -0.1) is 0 Å². The average molecular weight is 273 g/mol. The van der Waals surface area contributed by atoms with Crippen molar-refractivity contribution in [2.24, 2.45) is 0 Å². The van der Waals surface area contributed by atoms with Crippen molar-refractivity contribution < 1.29 is 4.74 Å². The van der Waals surface area contributed by atoms with E-state index in [4.69, 9.17) is 16.3 Å². The number of rotatable bonds is 3. The van der Waals surface area contributed by atoms with Gasteiger partial charge in [-0.25, -0.2) is 4.98 Å². The topological polar surface area (TPSA) is 26.5 Å². The molecule has 0 aliphatic carbocycles. The van der Waals surface area contributed by atoms with E-state index >= 15 is 0 Å². The number of halogens is 1. The summed E-state index contributed by atoms with van der Waals surface area (Å²) in [5.41, 5.74) is 2.96. The van der Waals surface area contributed by atoms with Crippen molar-refractivity contribution >= 4 is 17.2 Å². The zero-order valence-corrected chi connectivity index (χ0v) is 11.3. The molecule has 0 fully saturated rings. The predicted octanol–water partition coefficient (Wildman–Crippen LogP) is 3.88. The lowest BCUT2D eigenvalue weighted by Gasteiger charge is -2.03. The highest BCUT2D eigenvalue weighted by Crippen LogP contribution is 2.15. The Morgan fingerprint density at radius 3 is 2.68 bits per heavy atom. The second kappa shape index (κ2) is 4.94. The second-order valence-corrected chi connectivity index (χ2v) is 4.88. The number of ether oxygens (including phenoxy) is 1. The van der Waals surface area contributed by atoms with Crippen LogP contribution in [0.5, 0.6) is 5.75 Å². The lowest BCUT2D eigenvalue weighted by Crippen LogP contribution is -1.95. The molecule has 19 heavy (non-hydrogen) atoms. The molecule has 0 atom stereocenters. The van der Waals surface area contributed by atoms with Gasteiger partial charge in [0.15, 0.2) is 0 Å². The highest BCUT2D eigenvalue weighted by molar-refractivity contribution is 6.30. The maximum atomic E-state index is 5.94. The summed E-state index contributed by atoms with van der Waals surface area (Å²) in [6.45, 7) is 2.50. The van der Waals surface area contributed by atoms with Crippen molar-refractivity contribution in [1.82, 2.24) is 9.38 Å². The molecule has 3 nitrogen and oxygen atoms in total. The third-order valence-electron chi connectivity index (χ3n) is 2.87. The van der Waals surface area contributed by atoms with Gasteiger partial charge < -0.3 is 9.14 Å².